The molecule has 8 aromatic rings. The molecule has 2 N–H and O–H groups in total. The Bertz CT molecular complexity index is 3100. The second kappa shape index (κ2) is 18.6. The van der Waals surface area contributed by atoms with E-state index in [4.69, 9.17) is 0 Å². The lowest BCUT2D eigenvalue weighted by atomic mass is 10.1. The maximum atomic E-state index is 14.4. The van der Waals surface area contributed by atoms with Crippen molar-refractivity contribution in [3.05, 3.63) is 103 Å². The number of hydrogen-bond donors (Lipinski definition) is 2. The fraction of sp³-hybridized carbons (Fsp3) is 0.348. The van der Waals surface area contributed by atoms with Gasteiger partial charge in [-0.25, -0.2) is 33.7 Å². The molecule has 346 valence electrons. The van der Waals surface area contributed by atoms with Gasteiger partial charge in [-0.3, -0.25) is 19.0 Å². The summed E-state index contributed by atoms with van der Waals surface area (Å²) in [6.45, 7) is 9.88. The number of amides is 2. The molecule has 2 aliphatic carbocycles. The van der Waals surface area contributed by atoms with E-state index in [0.29, 0.717) is 58.0 Å². The van der Waals surface area contributed by atoms with Crippen LogP contribution in [0.1, 0.15) is 111 Å². The maximum Gasteiger partial charge on any atom is 0.275 e. The van der Waals surface area contributed by atoms with Crippen LogP contribution in [0.15, 0.2) is 85.7 Å². The molecule has 0 aromatic carbocycles. The van der Waals surface area contributed by atoms with Gasteiger partial charge in [0, 0.05) is 47.7 Å². The molecule has 8 aromatic heterocycles. The molecule has 0 atom stereocenters. The molecule has 9 heterocycles. The van der Waals surface area contributed by atoms with Crippen LogP contribution in [0.2, 0.25) is 0 Å². The van der Waals surface area contributed by atoms with Crippen molar-refractivity contribution in [3.63, 3.8) is 0 Å². The number of nitrogens with one attached hydrogen (secondary N) is 2. The van der Waals surface area contributed by atoms with Crippen LogP contribution in [-0.2, 0) is 0 Å². The number of nitrogens with zero attached hydrogens (tertiary/aromatic N) is 17. The second-order valence-corrected chi connectivity index (χ2v) is 17.5. The van der Waals surface area contributed by atoms with E-state index in [9.17, 15) is 14.0 Å². The molecule has 3 fully saturated rings. The molecule has 2 saturated carbocycles. The van der Waals surface area contributed by atoms with E-state index in [1.807, 2.05) is 67.7 Å². The molecule has 68 heavy (non-hydrogen) atoms. The molecule has 1 aliphatic heterocycles. The van der Waals surface area contributed by atoms with E-state index in [1.165, 1.54) is 18.9 Å². The number of hydrogen-bond acceptors (Lipinski definition) is 15. The largest absolute Gasteiger partial charge is 0.370 e. The topological polar surface area (TPSA) is 236 Å². The Labute approximate surface area is 389 Å². The molecule has 0 radical (unpaired) electrons. The van der Waals surface area contributed by atoms with Crippen molar-refractivity contribution in [2.75, 3.05) is 28.6 Å². The van der Waals surface area contributed by atoms with Gasteiger partial charge in [-0.15, -0.1) is 10.2 Å². The van der Waals surface area contributed by atoms with Crippen molar-refractivity contribution in [1.29, 1.82) is 0 Å². The third kappa shape index (κ3) is 9.42. The van der Waals surface area contributed by atoms with Crippen molar-refractivity contribution in [1.82, 2.24) is 79.9 Å². The Morgan fingerprint density at radius 2 is 1.13 bits per heavy atom. The molecule has 1 saturated heterocycles. The lowest BCUT2D eigenvalue weighted by molar-refractivity contribution is 0.101. The molecule has 0 spiro atoms. The number of tetrazole rings is 2. The zero-order chi connectivity index (χ0) is 46.9. The highest BCUT2D eigenvalue weighted by atomic mass is 19.1. The first kappa shape index (κ1) is 43.7. The summed E-state index contributed by atoms with van der Waals surface area (Å²) in [7, 11) is 0. The van der Waals surface area contributed by atoms with Gasteiger partial charge in [0.05, 0.1) is 54.6 Å². The van der Waals surface area contributed by atoms with Gasteiger partial charge >= 0.3 is 0 Å². The summed E-state index contributed by atoms with van der Waals surface area (Å²) in [6, 6.07) is 14.8. The summed E-state index contributed by atoms with van der Waals surface area (Å²) in [6.07, 6.45) is 17.0. The van der Waals surface area contributed by atoms with Crippen molar-refractivity contribution >= 4 is 29.1 Å². The molecule has 21 nitrogen and oxygen atoms in total. The number of aromatic nitrogens is 16. The number of carbonyl (C=O) groups is 2. The predicted molar refractivity (Wildman–Crippen MR) is 248 cm³/mol. The van der Waals surface area contributed by atoms with Gasteiger partial charge in [0.2, 0.25) is 11.6 Å². The number of anilines is 3. The molecule has 11 rings (SSSR count). The lowest BCUT2D eigenvalue weighted by Crippen LogP contribution is -2.20. The number of halogens is 1. The van der Waals surface area contributed by atoms with E-state index in [1.54, 1.807) is 46.0 Å². The number of carbonyl (C=O) groups excluding carboxylic acids is 2. The first-order chi connectivity index (χ1) is 33.1. The molecule has 2 amide bonds. The summed E-state index contributed by atoms with van der Waals surface area (Å²) < 4.78 is 21.6. The minimum atomic E-state index is -0.516. The van der Waals surface area contributed by atoms with Crippen LogP contribution >= 0.6 is 0 Å². The highest BCUT2D eigenvalue weighted by Crippen LogP contribution is 2.38. The van der Waals surface area contributed by atoms with Crippen LogP contribution in [0.4, 0.5) is 21.7 Å². The summed E-state index contributed by atoms with van der Waals surface area (Å²) in [5.41, 5.74) is 5.38. The Morgan fingerprint density at radius 1 is 0.647 bits per heavy atom. The van der Waals surface area contributed by atoms with E-state index < -0.39 is 11.7 Å². The average Bonchev–Trinajstić information content (AvgIpc) is 3.89. The Morgan fingerprint density at radius 3 is 1.63 bits per heavy atom. The van der Waals surface area contributed by atoms with Gasteiger partial charge in [-0.05, 0) is 123 Å². The van der Waals surface area contributed by atoms with Gasteiger partial charge in [0.1, 0.15) is 40.2 Å². The first-order valence-electron chi connectivity index (χ1n) is 22.7. The summed E-state index contributed by atoms with van der Waals surface area (Å²) in [5, 5.41) is 38.1. The van der Waals surface area contributed by atoms with E-state index in [2.05, 4.69) is 82.9 Å². The quantitative estimate of drug-likeness (QED) is 0.118. The summed E-state index contributed by atoms with van der Waals surface area (Å²) in [4.78, 5) is 45.9. The predicted octanol–water partition coefficient (Wildman–Crippen LogP) is 7.06. The molecule has 22 heteroatoms. The van der Waals surface area contributed by atoms with E-state index in [-0.39, 0.29) is 29.2 Å². The zero-order valence-electron chi connectivity index (χ0n) is 37.8. The highest BCUT2D eigenvalue weighted by molar-refractivity contribution is 6.04. The summed E-state index contributed by atoms with van der Waals surface area (Å²) in [5.74, 6) is 0.401. The monoisotopic (exact) mass is 917 g/mol. The Kier molecular flexibility index (Phi) is 12.0. The van der Waals surface area contributed by atoms with Crippen molar-refractivity contribution < 1.29 is 14.0 Å². The first-order valence-corrected chi connectivity index (χ1v) is 22.7. The van der Waals surface area contributed by atoms with Crippen molar-refractivity contribution in [3.8, 4) is 45.3 Å². The van der Waals surface area contributed by atoms with Crippen LogP contribution in [0, 0.1) is 5.82 Å². The van der Waals surface area contributed by atoms with Crippen LogP contribution in [0.25, 0.3) is 45.3 Å². The van der Waals surface area contributed by atoms with Gasteiger partial charge in [0.25, 0.3) is 11.8 Å². The third-order valence-corrected chi connectivity index (χ3v) is 11.7. The van der Waals surface area contributed by atoms with Crippen LogP contribution in [-0.4, -0.2) is 105 Å². The normalized spacial score (nSPS) is 14.6. The molecule has 0 bridgehead atoms. The van der Waals surface area contributed by atoms with Gasteiger partial charge in [-0.1, -0.05) is 12.1 Å². The smallest absolute Gasteiger partial charge is 0.275 e. The van der Waals surface area contributed by atoms with Gasteiger partial charge < -0.3 is 15.5 Å². The van der Waals surface area contributed by atoms with E-state index >= 15 is 0 Å². The molecule has 0 unspecified atom stereocenters. The average molecular weight is 918 g/mol. The molecule has 3 aliphatic rings. The minimum absolute atomic E-state index is 0.0474. The maximum absolute atomic E-state index is 14.4. The van der Waals surface area contributed by atoms with Crippen LogP contribution in [0.5, 0.6) is 0 Å². The van der Waals surface area contributed by atoms with Gasteiger partial charge in [0.15, 0.2) is 0 Å². The van der Waals surface area contributed by atoms with Crippen molar-refractivity contribution in [2.24, 2.45) is 0 Å². The SMILES string of the molecule is CC(C)n1nnnc1-c1cccc(NC(=O)c2cc(-c3cnn(C4CC4)c3)c(F)cn2)n1.CC(C)n1nnnc1-c1cccc(NC(=O)c2cc(-c3cnn(C4CC4)c3)c(N3CCCC3)cn2)n1. The minimum Gasteiger partial charge on any atom is -0.370 e. The third-order valence-electron chi connectivity index (χ3n) is 11.7. The van der Waals surface area contributed by atoms with Gasteiger partial charge in [-0.2, -0.15) is 10.2 Å². The van der Waals surface area contributed by atoms with E-state index in [0.717, 1.165) is 61.8 Å². The van der Waals surface area contributed by atoms with Crippen LogP contribution in [0.3, 0.4) is 0 Å². The second-order valence-electron chi connectivity index (χ2n) is 17.5. The highest BCUT2D eigenvalue weighted by Gasteiger charge is 2.27. The van der Waals surface area contributed by atoms with Crippen molar-refractivity contribution in [2.45, 2.75) is 90.4 Å². The summed E-state index contributed by atoms with van der Waals surface area (Å²) >= 11 is 0. The van der Waals surface area contributed by atoms with Crippen LogP contribution < -0.4 is 15.5 Å². The Hall–Kier alpha value is -8.17. The number of rotatable bonds is 13. The zero-order valence-corrected chi connectivity index (χ0v) is 37.8. The Balaban J connectivity index is 0.000000160. The number of pyridine rings is 4. The molecular formula is C46H48FN19O2. The standard InChI is InChI=1S/C25H28N10O.C21H20FN9O/c1-16(2)35-24(30-31-32-35)20-6-5-7-23(28-20)29-25(36)21-12-19(17-13-27-34(15-17)18-8-9-18)22(14-26-21)33-10-3-4-11-33;1-12(2)31-20(27-28-29-31)17-4-3-5-19(25-17)26-21(32)18-8-15(16(22)10-23-18)13-9-24-30(11-13)14-6-7-14/h5-7,12-16,18H,3-4,8-11H2,1-2H3,(H,28,29,36);3-5,8-12,14H,6-7H2,1-2H3,(H,25,26,32). The fourth-order valence-electron chi connectivity index (χ4n) is 7.87. The molecular weight excluding hydrogens is 870 g/mol. The lowest BCUT2D eigenvalue weighted by Gasteiger charge is -2.21. The fourth-order valence-corrected chi connectivity index (χ4v) is 7.87.